The molecule has 0 atom stereocenters. The maximum absolute atomic E-state index is 3.50. The number of rotatable bonds is 1. The van der Waals surface area contributed by atoms with E-state index >= 15 is 0 Å². The Kier molecular flexibility index (Phi) is 2.08. The van der Waals surface area contributed by atoms with Crippen molar-refractivity contribution in [2.75, 3.05) is 10.2 Å². The minimum absolute atomic E-state index is 0.467. The number of benzene rings is 2. The highest BCUT2D eigenvalue weighted by molar-refractivity contribution is 7.69. The maximum Gasteiger partial charge on any atom is 0.123 e. The fourth-order valence-electron chi connectivity index (χ4n) is 1.65. The molecule has 0 saturated heterocycles. The summed E-state index contributed by atoms with van der Waals surface area (Å²) in [6.07, 6.45) is 0. The Morgan fingerprint density at radius 3 is 1.80 bits per heavy atom. The van der Waals surface area contributed by atoms with Crippen LogP contribution < -0.4 is 15.5 Å². The molecule has 3 rings (SSSR count). The van der Waals surface area contributed by atoms with Crippen LogP contribution in [0, 0.1) is 0 Å². The molecule has 0 fully saturated rings. The van der Waals surface area contributed by atoms with Crippen LogP contribution in [0.3, 0.4) is 0 Å². The van der Waals surface area contributed by atoms with Gasteiger partial charge in [-0.3, -0.25) is 0 Å². The molecule has 0 aliphatic carbocycles. The lowest BCUT2D eigenvalue weighted by atomic mass is 10.3. The summed E-state index contributed by atoms with van der Waals surface area (Å²) in [5.74, 6) is 0. The zero-order valence-corrected chi connectivity index (χ0v) is 9.04. The quantitative estimate of drug-likeness (QED) is 0.712. The van der Waals surface area contributed by atoms with Crippen LogP contribution in [-0.4, -0.2) is 0 Å². The monoisotopic (exact) mass is 214 g/mol. The molecule has 1 aliphatic rings. The first-order valence-corrected chi connectivity index (χ1v) is 6.25. The standard InChI is InChI=1S/C12H11N2P/c1-2-6-10(7-3-1)15-13-11-8-4-5-9-12(11)14-15/h1-9,13-14H. The van der Waals surface area contributed by atoms with Crippen molar-refractivity contribution >= 4 is 24.9 Å². The zero-order valence-electron chi connectivity index (χ0n) is 8.14. The van der Waals surface area contributed by atoms with Crippen molar-refractivity contribution in [2.45, 2.75) is 0 Å². The van der Waals surface area contributed by atoms with Crippen molar-refractivity contribution in [3.63, 3.8) is 0 Å². The van der Waals surface area contributed by atoms with Gasteiger partial charge in [0.05, 0.1) is 11.4 Å². The highest BCUT2D eigenvalue weighted by Gasteiger charge is 2.20. The van der Waals surface area contributed by atoms with Crippen molar-refractivity contribution in [3.05, 3.63) is 54.6 Å². The summed E-state index contributed by atoms with van der Waals surface area (Å²) in [5.41, 5.74) is 2.40. The Morgan fingerprint density at radius 2 is 1.20 bits per heavy atom. The Hall–Kier alpha value is -1.53. The van der Waals surface area contributed by atoms with Gasteiger partial charge in [-0.05, 0) is 12.1 Å². The highest BCUT2D eigenvalue weighted by atomic mass is 31.1. The van der Waals surface area contributed by atoms with E-state index in [0.29, 0.717) is 0 Å². The average molecular weight is 214 g/mol. The lowest BCUT2D eigenvalue weighted by Crippen LogP contribution is -2.06. The molecule has 0 spiro atoms. The summed E-state index contributed by atoms with van der Waals surface area (Å²) in [6, 6.07) is 18.8. The Bertz CT molecular complexity index is 445. The molecule has 74 valence electrons. The minimum atomic E-state index is -0.467. The van der Waals surface area contributed by atoms with Crippen LogP contribution in [0.15, 0.2) is 54.6 Å². The van der Waals surface area contributed by atoms with Crippen LogP contribution in [-0.2, 0) is 0 Å². The number of hydrogen-bond donors (Lipinski definition) is 2. The van der Waals surface area contributed by atoms with Crippen molar-refractivity contribution in [1.29, 1.82) is 0 Å². The first-order valence-electron chi connectivity index (χ1n) is 4.91. The summed E-state index contributed by atoms with van der Waals surface area (Å²) in [5, 5.41) is 8.33. The normalized spacial score (nSPS) is 14.1. The van der Waals surface area contributed by atoms with Gasteiger partial charge in [-0.1, -0.05) is 42.5 Å². The van der Waals surface area contributed by atoms with Crippen LogP contribution >= 0.6 is 8.22 Å². The molecule has 2 nitrogen and oxygen atoms in total. The predicted octanol–water partition coefficient (Wildman–Crippen LogP) is 3.16. The van der Waals surface area contributed by atoms with Gasteiger partial charge in [-0.2, -0.15) is 0 Å². The molecular formula is C12H11N2P. The van der Waals surface area contributed by atoms with E-state index in [2.05, 4.69) is 58.7 Å². The van der Waals surface area contributed by atoms with Crippen molar-refractivity contribution in [1.82, 2.24) is 0 Å². The molecular weight excluding hydrogens is 203 g/mol. The molecule has 15 heavy (non-hydrogen) atoms. The van der Waals surface area contributed by atoms with Gasteiger partial charge in [0.25, 0.3) is 0 Å². The van der Waals surface area contributed by atoms with Gasteiger partial charge in [0, 0.05) is 5.30 Å². The zero-order chi connectivity index (χ0) is 10.1. The third kappa shape index (κ3) is 1.57. The van der Waals surface area contributed by atoms with Gasteiger partial charge in [-0.15, -0.1) is 0 Å². The van der Waals surface area contributed by atoms with E-state index in [0.717, 1.165) is 0 Å². The Balaban J connectivity index is 1.91. The third-order valence-corrected chi connectivity index (χ3v) is 4.15. The molecule has 0 aromatic heterocycles. The highest BCUT2D eigenvalue weighted by Crippen LogP contribution is 2.46. The fraction of sp³-hybridized carbons (Fsp3) is 0. The Morgan fingerprint density at radius 1 is 0.667 bits per heavy atom. The third-order valence-electron chi connectivity index (χ3n) is 2.41. The SMILES string of the molecule is c1ccc(P2Nc3ccccc3N2)cc1. The van der Waals surface area contributed by atoms with Gasteiger partial charge in [0.2, 0.25) is 0 Å². The van der Waals surface area contributed by atoms with E-state index < -0.39 is 8.22 Å². The molecule has 0 saturated carbocycles. The molecule has 2 N–H and O–H groups in total. The second-order valence-corrected chi connectivity index (χ2v) is 5.07. The van der Waals surface area contributed by atoms with Crippen LogP contribution in [0.2, 0.25) is 0 Å². The maximum atomic E-state index is 3.50. The second kappa shape index (κ2) is 3.56. The van der Waals surface area contributed by atoms with Crippen LogP contribution in [0.1, 0.15) is 0 Å². The van der Waals surface area contributed by atoms with E-state index in [1.807, 2.05) is 6.07 Å². The summed E-state index contributed by atoms with van der Waals surface area (Å²) in [7, 11) is -0.467. The van der Waals surface area contributed by atoms with Crippen LogP contribution in [0.4, 0.5) is 11.4 Å². The molecule has 0 radical (unpaired) electrons. The summed E-state index contributed by atoms with van der Waals surface area (Å²) in [6.45, 7) is 0. The number of anilines is 2. The van der Waals surface area contributed by atoms with Crippen molar-refractivity contribution in [3.8, 4) is 0 Å². The second-order valence-electron chi connectivity index (χ2n) is 3.44. The van der Waals surface area contributed by atoms with E-state index in [4.69, 9.17) is 0 Å². The topological polar surface area (TPSA) is 24.1 Å². The largest absolute Gasteiger partial charge is 0.342 e. The smallest absolute Gasteiger partial charge is 0.123 e. The fourth-order valence-corrected chi connectivity index (χ4v) is 3.31. The predicted molar refractivity (Wildman–Crippen MR) is 66.7 cm³/mol. The lowest BCUT2D eigenvalue weighted by Gasteiger charge is -2.11. The molecule has 0 bridgehead atoms. The number of hydrogen-bond acceptors (Lipinski definition) is 2. The molecule has 1 heterocycles. The molecule has 3 heteroatoms. The van der Waals surface area contributed by atoms with E-state index in [9.17, 15) is 0 Å². The first kappa shape index (κ1) is 8.75. The number of fused-ring (bicyclic) bond motifs is 1. The van der Waals surface area contributed by atoms with Gasteiger partial charge in [-0.25, -0.2) is 0 Å². The van der Waals surface area contributed by atoms with E-state index in [-0.39, 0.29) is 0 Å². The first-order chi connectivity index (χ1) is 7.43. The minimum Gasteiger partial charge on any atom is -0.342 e. The van der Waals surface area contributed by atoms with Gasteiger partial charge in [0.1, 0.15) is 8.22 Å². The molecule has 2 aromatic carbocycles. The lowest BCUT2D eigenvalue weighted by molar-refractivity contribution is 1.70. The summed E-state index contributed by atoms with van der Waals surface area (Å²) >= 11 is 0. The number of para-hydroxylation sites is 2. The summed E-state index contributed by atoms with van der Waals surface area (Å²) in [4.78, 5) is 0. The molecule has 2 aromatic rings. The van der Waals surface area contributed by atoms with Crippen LogP contribution in [0.25, 0.3) is 0 Å². The molecule has 1 aliphatic heterocycles. The Labute approximate surface area is 90.2 Å². The molecule has 0 unspecified atom stereocenters. The van der Waals surface area contributed by atoms with Gasteiger partial charge >= 0.3 is 0 Å². The van der Waals surface area contributed by atoms with Gasteiger partial charge < -0.3 is 10.2 Å². The summed E-state index contributed by atoms with van der Waals surface area (Å²) < 4.78 is 0. The van der Waals surface area contributed by atoms with Gasteiger partial charge in [0.15, 0.2) is 0 Å². The van der Waals surface area contributed by atoms with Crippen molar-refractivity contribution in [2.24, 2.45) is 0 Å². The van der Waals surface area contributed by atoms with E-state index in [1.165, 1.54) is 16.7 Å². The molecule has 0 amide bonds. The van der Waals surface area contributed by atoms with E-state index in [1.54, 1.807) is 0 Å². The number of nitrogens with one attached hydrogen (secondary N) is 2. The van der Waals surface area contributed by atoms with Crippen LogP contribution in [0.5, 0.6) is 0 Å². The average Bonchev–Trinajstić information content (AvgIpc) is 2.74. The van der Waals surface area contributed by atoms with Crippen molar-refractivity contribution < 1.29 is 0 Å².